The van der Waals surface area contributed by atoms with E-state index in [2.05, 4.69) is 33.4 Å². The molecule has 6 rings (SSSR count). The standard InChI is InChI=1S/C27H29N5OS/c1-15-2-7-22-24(29)25(34-27(22)30-15)26(33)31-21-6-5-18-11-23(20(12-28)9-19(18)10-21)32-13-16-3-4-17(8-16)14-32/h2,7,9,11,16-17,21H,3-6,8,10,13-14,29H2,1H3,(H,31,33)/t16?,17?,21-/m1/s1. The minimum atomic E-state index is -0.132. The van der Waals surface area contributed by atoms with Crippen LogP contribution in [-0.2, 0) is 12.8 Å². The van der Waals surface area contributed by atoms with E-state index in [0.29, 0.717) is 10.6 Å². The minimum Gasteiger partial charge on any atom is -0.397 e. The lowest BCUT2D eigenvalue weighted by molar-refractivity contribution is 0.0938. The predicted molar refractivity (Wildman–Crippen MR) is 136 cm³/mol. The number of fused-ring (bicyclic) bond motifs is 4. The number of carbonyl (C=O) groups is 1. The third-order valence-corrected chi connectivity index (χ3v) is 9.00. The van der Waals surface area contributed by atoms with Crippen LogP contribution in [-0.4, -0.2) is 30.0 Å². The lowest BCUT2D eigenvalue weighted by atomic mass is 9.86. The fourth-order valence-electron chi connectivity index (χ4n) is 6.18. The summed E-state index contributed by atoms with van der Waals surface area (Å²) in [7, 11) is 0. The van der Waals surface area contributed by atoms with Gasteiger partial charge in [-0.05, 0) is 92.7 Å². The molecule has 3 aliphatic rings. The molecule has 3 atom stereocenters. The second kappa shape index (κ2) is 8.28. The monoisotopic (exact) mass is 471 g/mol. The van der Waals surface area contributed by atoms with Crippen molar-refractivity contribution in [3.8, 4) is 6.07 Å². The normalized spacial score (nSPS) is 23.5. The third kappa shape index (κ3) is 3.70. The van der Waals surface area contributed by atoms with Gasteiger partial charge in [0, 0.05) is 30.2 Å². The molecule has 174 valence electrons. The first-order valence-corrected chi connectivity index (χ1v) is 13.1. The zero-order valence-corrected chi connectivity index (χ0v) is 20.3. The molecule has 2 unspecified atom stereocenters. The van der Waals surface area contributed by atoms with Crippen LogP contribution in [0.15, 0.2) is 24.3 Å². The van der Waals surface area contributed by atoms with Crippen LogP contribution in [0.2, 0.25) is 0 Å². The van der Waals surface area contributed by atoms with Crippen molar-refractivity contribution in [2.24, 2.45) is 11.8 Å². The van der Waals surface area contributed by atoms with E-state index in [1.54, 1.807) is 0 Å². The van der Waals surface area contributed by atoms with Crippen molar-refractivity contribution in [3.63, 3.8) is 0 Å². The Morgan fingerprint density at radius 3 is 2.76 bits per heavy atom. The summed E-state index contributed by atoms with van der Waals surface area (Å²) in [5.41, 5.74) is 12.1. The molecule has 6 nitrogen and oxygen atoms in total. The Kier molecular flexibility index (Phi) is 5.22. The molecule has 1 saturated carbocycles. The predicted octanol–water partition coefficient (Wildman–Crippen LogP) is 4.58. The number of piperidine rings is 1. The number of hydrogen-bond acceptors (Lipinski definition) is 6. The summed E-state index contributed by atoms with van der Waals surface area (Å²) in [5.74, 6) is 1.43. The van der Waals surface area contributed by atoms with Gasteiger partial charge in [-0.15, -0.1) is 11.3 Å². The number of hydrogen-bond donors (Lipinski definition) is 2. The number of nitrogens with two attached hydrogens (primary N) is 1. The number of pyridine rings is 1. The second-order valence-electron chi connectivity index (χ2n) is 10.3. The lowest BCUT2D eigenvalue weighted by Crippen LogP contribution is -2.39. The molecular weight excluding hydrogens is 442 g/mol. The maximum atomic E-state index is 13.1. The third-order valence-electron chi connectivity index (χ3n) is 7.89. The van der Waals surface area contributed by atoms with Crippen LogP contribution >= 0.6 is 11.3 Å². The Morgan fingerprint density at radius 1 is 1.21 bits per heavy atom. The van der Waals surface area contributed by atoms with Gasteiger partial charge in [-0.1, -0.05) is 0 Å². The topological polar surface area (TPSA) is 95.0 Å². The van der Waals surface area contributed by atoms with Gasteiger partial charge in [-0.25, -0.2) is 4.98 Å². The van der Waals surface area contributed by atoms with E-state index in [9.17, 15) is 10.1 Å². The van der Waals surface area contributed by atoms with E-state index in [-0.39, 0.29) is 11.9 Å². The van der Waals surface area contributed by atoms with Gasteiger partial charge in [-0.2, -0.15) is 5.26 Å². The molecule has 2 bridgehead atoms. The van der Waals surface area contributed by atoms with Crippen LogP contribution in [0.25, 0.3) is 10.2 Å². The zero-order chi connectivity index (χ0) is 23.4. The SMILES string of the molecule is Cc1ccc2c(N)c(C(=O)N[C@@H]3CCc4cc(N5CC6CCC(C6)C5)c(C#N)cc4C3)sc2n1. The minimum absolute atomic E-state index is 0.0301. The fourth-order valence-corrected chi connectivity index (χ4v) is 7.23. The zero-order valence-electron chi connectivity index (χ0n) is 19.4. The number of nitrogens with zero attached hydrogens (tertiary/aromatic N) is 3. The summed E-state index contributed by atoms with van der Waals surface area (Å²) in [6.07, 6.45) is 6.54. The van der Waals surface area contributed by atoms with E-state index >= 15 is 0 Å². The van der Waals surface area contributed by atoms with Crippen LogP contribution in [0.3, 0.4) is 0 Å². The van der Waals surface area contributed by atoms with E-state index in [1.807, 2.05) is 19.1 Å². The molecule has 7 heteroatoms. The van der Waals surface area contributed by atoms with Crippen molar-refractivity contribution in [2.75, 3.05) is 23.7 Å². The summed E-state index contributed by atoms with van der Waals surface area (Å²) in [6, 6.07) is 10.7. The van der Waals surface area contributed by atoms with Crippen LogP contribution in [0.4, 0.5) is 11.4 Å². The molecule has 3 heterocycles. The highest BCUT2D eigenvalue weighted by molar-refractivity contribution is 7.21. The molecule has 34 heavy (non-hydrogen) atoms. The number of anilines is 2. The summed E-state index contributed by atoms with van der Waals surface area (Å²) >= 11 is 1.35. The Balaban J connectivity index is 1.21. The average molecular weight is 472 g/mol. The number of aromatic nitrogens is 1. The van der Waals surface area contributed by atoms with Crippen molar-refractivity contribution in [2.45, 2.75) is 51.5 Å². The molecule has 2 fully saturated rings. The van der Waals surface area contributed by atoms with Crippen molar-refractivity contribution in [1.29, 1.82) is 5.26 Å². The first kappa shape index (κ1) is 21.4. The highest BCUT2D eigenvalue weighted by Crippen LogP contribution is 2.40. The van der Waals surface area contributed by atoms with Gasteiger partial charge in [0.2, 0.25) is 0 Å². The van der Waals surface area contributed by atoms with Gasteiger partial charge in [0.25, 0.3) is 5.91 Å². The van der Waals surface area contributed by atoms with Crippen molar-refractivity contribution in [3.05, 3.63) is 51.5 Å². The number of nitriles is 1. The number of nitrogen functional groups attached to an aromatic ring is 1. The number of thiophene rings is 1. The maximum Gasteiger partial charge on any atom is 0.263 e. The highest BCUT2D eigenvalue weighted by Gasteiger charge is 2.34. The van der Waals surface area contributed by atoms with Crippen molar-refractivity contribution >= 4 is 38.8 Å². The number of amides is 1. The van der Waals surface area contributed by atoms with E-state index in [4.69, 9.17) is 5.73 Å². The lowest BCUT2D eigenvalue weighted by Gasteiger charge is -2.35. The smallest absolute Gasteiger partial charge is 0.263 e. The average Bonchev–Trinajstić information content (AvgIpc) is 3.35. The van der Waals surface area contributed by atoms with Crippen LogP contribution in [0, 0.1) is 30.1 Å². The largest absolute Gasteiger partial charge is 0.397 e. The molecule has 1 aliphatic heterocycles. The number of aryl methyl sites for hydroxylation is 2. The quantitative estimate of drug-likeness (QED) is 0.583. The number of nitrogens with one attached hydrogen (secondary N) is 1. The van der Waals surface area contributed by atoms with Gasteiger partial charge < -0.3 is 16.0 Å². The molecule has 3 aromatic rings. The first-order chi connectivity index (χ1) is 16.5. The van der Waals surface area contributed by atoms with Gasteiger partial charge in [0.05, 0.1) is 16.9 Å². The molecule has 0 radical (unpaired) electrons. The Hall–Kier alpha value is -3.11. The number of carbonyl (C=O) groups excluding carboxylic acids is 1. The Morgan fingerprint density at radius 2 is 2.00 bits per heavy atom. The summed E-state index contributed by atoms with van der Waals surface area (Å²) in [5, 5.41) is 14.0. The van der Waals surface area contributed by atoms with E-state index < -0.39 is 0 Å². The molecule has 2 aliphatic carbocycles. The summed E-state index contributed by atoms with van der Waals surface area (Å²) in [6.45, 7) is 4.09. The molecule has 1 amide bonds. The van der Waals surface area contributed by atoms with Crippen LogP contribution in [0.1, 0.15) is 57.7 Å². The summed E-state index contributed by atoms with van der Waals surface area (Å²) in [4.78, 5) is 21.4. The molecule has 2 aromatic heterocycles. The van der Waals surface area contributed by atoms with Gasteiger partial charge in [0.1, 0.15) is 15.8 Å². The highest BCUT2D eigenvalue weighted by atomic mass is 32.1. The van der Waals surface area contributed by atoms with Crippen LogP contribution in [0.5, 0.6) is 0 Å². The molecule has 1 saturated heterocycles. The number of benzene rings is 1. The van der Waals surface area contributed by atoms with Gasteiger partial charge >= 0.3 is 0 Å². The summed E-state index contributed by atoms with van der Waals surface area (Å²) < 4.78 is 0. The Bertz CT molecular complexity index is 1330. The van der Waals surface area contributed by atoms with Gasteiger partial charge in [-0.3, -0.25) is 4.79 Å². The van der Waals surface area contributed by atoms with Crippen LogP contribution < -0.4 is 16.0 Å². The molecular formula is C27H29N5OS. The maximum absolute atomic E-state index is 13.1. The van der Waals surface area contributed by atoms with E-state index in [0.717, 1.165) is 71.3 Å². The molecule has 3 N–H and O–H groups in total. The first-order valence-electron chi connectivity index (χ1n) is 12.3. The van der Waals surface area contributed by atoms with E-state index in [1.165, 1.54) is 41.7 Å². The van der Waals surface area contributed by atoms with Crippen molar-refractivity contribution in [1.82, 2.24) is 10.3 Å². The molecule has 1 aromatic carbocycles. The molecule has 0 spiro atoms. The van der Waals surface area contributed by atoms with Gasteiger partial charge in [0.15, 0.2) is 0 Å². The number of rotatable bonds is 3. The second-order valence-corrected chi connectivity index (χ2v) is 11.3. The van der Waals surface area contributed by atoms with Crippen molar-refractivity contribution < 1.29 is 4.79 Å². The fraction of sp³-hybridized carbons (Fsp3) is 0.444. The Labute approximate surface area is 203 Å².